The van der Waals surface area contributed by atoms with Crippen LogP contribution in [0.4, 0.5) is 11.5 Å². The van der Waals surface area contributed by atoms with Crippen LogP contribution in [0.5, 0.6) is 0 Å². The second-order valence-corrected chi connectivity index (χ2v) is 9.50. The first-order valence-electron chi connectivity index (χ1n) is 11.9. The minimum atomic E-state index is -0.526. The zero-order chi connectivity index (χ0) is 24.4. The van der Waals surface area contributed by atoms with Gasteiger partial charge in [-0.1, -0.05) is 11.6 Å². The normalized spacial score (nSPS) is 21.1. The van der Waals surface area contributed by atoms with Crippen molar-refractivity contribution >= 4 is 46.0 Å². The summed E-state index contributed by atoms with van der Waals surface area (Å²) in [6.45, 7) is 5.30. The molecule has 2 fully saturated rings. The minimum Gasteiger partial charge on any atom is -0.447 e. The first-order chi connectivity index (χ1) is 17.0. The van der Waals surface area contributed by atoms with Gasteiger partial charge in [0, 0.05) is 36.9 Å². The van der Waals surface area contributed by atoms with Crippen LogP contribution < -0.4 is 10.6 Å². The van der Waals surface area contributed by atoms with Crippen LogP contribution >= 0.6 is 11.6 Å². The first kappa shape index (κ1) is 23.7. The zero-order valence-corrected chi connectivity index (χ0v) is 20.3. The monoisotopic (exact) mass is 497 g/mol. The van der Waals surface area contributed by atoms with Crippen molar-refractivity contribution in [2.75, 3.05) is 36.9 Å². The highest BCUT2D eigenvalue weighted by atomic mass is 35.5. The maximum absolute atomic E-state index is 13.3. The maximum atomic E-state index is 13.3. The van der Waals surface area contributed by atoms with Crippen molar-refractivity contribution in [2.45, 2.75) is 38.6 Å². The van der Waals surface area contributed by atoms with Gasteiger partial charge >= 0.3 is 0 Å². The van der Waals surface area contributed by atoms with Gasteiger partial charge in [0.1, 0.15) is 17.0 Å². The fourth-order valence-electron chi connectivity index (χ4n) is 4.84. The third-order valence-electron chi connectivity index (χ3n) is 6.73. The lowest BCUT2D eigenvalue weighted by molar-refractivity contribution is -0.121. The van der Waals surface area contributed by atoms with Gasteiger partial charge in [-0.05, 0) is 56.9 Å². The Balaban J connectivity index is 1.33. The van der Waals surface area contributed by atoms with Crippen LogP contribution in [0.1, 0.15) is 41.9 Å². The molecule has 1 aliphatic heterocycles. The van der Waals surface area contributed by atoms with E-state index in [2.05, 4.69) is 25.5 Å². The van der Waals surface area contributed by atoms with Crippen LogP contribution in [-0.2, 0) is 9.53 Å². The lowest BCUT2D eigenvalue weighted by Crippen LogP contribution is -2.45. The summed E-state index contributed by atoms with van der Waals surface area (Å²) in [6, 6.07) is 7.26. The number of ether oxygens (including phenoxy) is 1. The SMILES string of the molecule is Cc1ccc2oc(C(=O)Nc3ccc(Cl)cn3)c(NC(=O)C3CCC(N4CCOCC4)CC3)c2n1. The maximum Gasteiger partial charge on any atom is 0.294 e. The van der Waals surface area contributed by atoms with Gasteiger partial charge in [0.2, 0.25) is 11.7 Å². The fraction of sp³-hybridized carbons (Fsp3) is 0.440. The number of nitrogens with one attached hydrogen (secondary N) is 2. The van der Waals surface area contributed by atoms with E-state index in [4.69, 9.17) is 20.8 Å². The van der Waals surface area contributed by atoms with Crippen molar-refractivity contribution in [3.05, 3.63) is 46.9 Å². The van der Waals surface area contributed by atoms with Crippen LogP contribution in [0.25, 0.3) is 11.1 Å². The number of hydrogen-bond donors (Lipinski definition) is 2. The Labute approximate surface area is 208 Å². The molecule has 1 aliphatic carbocycles. The molecule has 1 saturated heterocycles. The summed E-state index contributed by atoms with van der Waals surface area (Å²) in [6.07, 6.45) is 4.98. The molecule has 2 N–H and O–H groups in total. The summed E-state index contributed by atoms with van der Waals surface area (Å²) in [5.74, 6) is -0.458. The van der Waals surface area contributed by atoms with E-state index < -0.39 is 5.91 Å². The molecule has 2 amide bonds. The van der Waals surface area contributed by atoms with Crippen LogP contribution in [0.15, 0.2) is 34.9 Å². The molecular weight excluding hydrogens is 470 g/mol. The molecular formula is C25H28ClN5O4. The van der Waals surface area contributed by atoms with Gasteiger partial charge in [0.05, 0.1) is 18.2 Å². The first-order valence-corrected chi connectivity index (χ1v) is 12.3. The van der Waals surface area contributed by atoms with Gasteiger partial charge in [-0.2, -0.15) is 0 Å². The largest absolute Gasteiger partial charge is 0.447 e. The minimum absolute atomic E-state index is 0.00907. The topological polar surface area (TPSA) is 110 Å². The second kappa shape index (κ2) is 10.3. The number of nitrogens with zero attached hydrogens (tertiary/aromatic N) is 3. The molecule has 2 aliphatic rings. The Morgan fingerprint density at radius 3 is 2.54 bits per heavy atom. The van der Waals surface area contributed by atoms with Crippen LogP contribution in [0.3, 0.4) is 0 Å². The van der Waals surface area contributed by atoms with Crippen LogP contribution in [0.2, 0.25) is 5.02 Å². The molecule has 0 bridgehead atoms. The third-order valence-corrected chi connectivity index (χ3v) is 6.95. The number of aromatic nitrogens is 2. The summed E-state index contributed by atoms with van der Waals surface area (Å²) in [7, 11) is 0. The van der Waals surface area contributed by atoms with Gasteiger partial charge in [0.15, 0.2) is 5.58 Å². The number of furan rings is 1. The van der Waals surface area contributed by atoms with Crippen molar-refractivity contribution in [2.24, 2.45) is 5.92 Å². The average molecular weight is 498 g/mol. The van der Waals surface area contributed by atoms with E-state index in [1.54, 1.807) is 24.3 Å². The van der Waals surface area contributed by atoms with E-state index in [1.165, 1.54) is 6.20 Å². The number of hydrogen-bond acceptors (Lipinski definition) is 7. The number of pyridine rings is 2. The molecule has 0 radical (unpaired) electrons. The number of fused-ring (bicyclic) bond motifs is 1. The van der Waals surface area contributed by atoms with Crippen molar-refractivity contribution < 1.29 is 18.7 Å². The molecule has 0 aromatic carbocycles. The average Bonchev–Trinajstić information content (AvgIpc) is 3.23. The van der Waals surface area contributed by atoms with Gasteiger partial charge in [-0.25, -0.2) is 9.97 Å². The van der Waals surface area contributed by atoms with E-state index in [-0.39, 0.29) is 23.3 Å². The van der Waals surface area contributed by atoms with Crippen LogP contribution in [-0.4, -0.2) is 59.0 Å². The highest BCUT2D eigenvalue weighted by molar-refractivity contribution is 6.30. The number of carbonyl (C=O) groups excluding carboxylic acids is 2. The summed E-state index contributed by atoms with van der Waals surface area (Å²) in [5.41, 5.74) is 1.92. The molecule has 35 heavy (non-hydrogen) atoms. The molecule has 4 heterocycles. The number of carbonyl (C=O) groups is 2. The molecule has 184 valence electrons. The molecule has 5 rings (SSSR count). The predicted octanol–water partition coefficient (Wildman–Crippen LogP) is 4.27. The number of halogens is 1. The fourth-order valence-corrected chi connectivity index (χ4v) is 4.96. The van der Waals surface area contributed by atoms with Crippen molar-refractivity contribution in [3.63, 3.8) is 0 Å². The lowest BCUT2D eigenvalue weighted by Gasteiger charge is -2.38. The second-order valence-electron chi connectivity index (χ2n) is 9.06. The van der Waals surface area contributed by atoms with Gasteiger partial charge < -0.3 is 19.8 Å². The Bertz CT molecular complexity index is 1210. The van der Waals surface area contributed by atoms with Crippen LogP contribution in [0, 0.1) is 12.8 Å². The molecule has 0 unspecified atom stereocenters. The molecule has 10 heteroatoms. The zero-order valence-electron chi connectivity index (χ0n) is 19.6. The molecule has 9 nitrogen and oxygen atoms in total. The Morgan fingerprint density at radius 2 is 1.83 bits per heavy atom. The predicted molar refractivity (Wildman–Crippen MR) is 133 cm³/mol. The summed E-state index contributed by atoms with van der Waals surface area (Å²) in [5, 5.41) is 6.13. The molecule has 0 spiro atoms. The van der Waals surface area contributed by atoms with Crippen molar-refractivity contribution in [3.8, 4) is 0 Å². The van der Waals surface area contributed by atoms with Gasteiger partial charge in [-0.15, -0.1) is 0 Å². The molecule has 3 aromatic heterocycles. The van der Waals surface area contributed by atoms with E-state index in [9.17, 15) is 9.59 Å². The third kappa shape index (κ3) is 5.32. The smallest absolute Gasteiger partial charge is 0.294 e. The quantitative estimate of drug-likeness (QED) is 0.541. The summed E-state index contributed by atoms with van der Waals surface area (Å²) >= 11 is 5.89. The highest BCUT2D eigenvalue weighted by Crippen LogP contribution is 2.33. The number of rotatable bonds is 5. The van der Waals surface area contributed by atoms with Gasteiger partial charge in [-0.3, -0.25) is 14.5 Å². The summed E-state index contributed by atoms with van der Waals surface area (Å²) in [4.78, 5) is 37.5. The number of anilines is 2. The highest BCUT2D eigenvalue weighted by Gasteiger charge is 2.32. The van der Waals surface area contributed by atoms with E-state index in [0.717, 1.165) is 57.7 Å². The Morgan fingerprint density at radius 1 is 1.06 bits per heavy atom. The van der Waals surface area contributed by atoms with E-state index in [1.807, 2.05) is 6.92 Å². The number of amides is 2. The van der Waals surface area contributed by atoms with Gasteiger partial charge in [0.25, 0.3) is 5.91 Å². The van der Waals surface area contributed by atoms with Crippen molar-refractivity contribution in [1.29, 1.82) is 0 Å². The number of aryl methyl sites for hydroxylation is 1. The lowest BCUT2D eigenvalue weighted by atomic mass is 9.84. The Hall–Kier alpha value is -3.01. The molecule has 1 saturated carbocycles. The molecule has 0 atom stereocenters. The van der Waals surface area contributed by atoms with Crippen molar-refractivity contribution in [1.82, 2.24) is 14.9 Å². The Kier molecular flexibility index (Phi) is 6.99. The van der Waals surface area contributed by atoms with E-state index in [0.29, 0.717) is 28.0 Å². The molecule has 3 aromatic rings. The number of morpholine rings is 1. The standard InChI is InChI=1S/C25H28ClN5O4/c1-15-2-8-19-21(28-15)22(23(35-19)25(33)29-20-9-5-17(26)14-27-20)30-24(32)16-3-6-18(7-4-16)31-10-12-34-13-11-31/h2,5,8-9,14,16,18H,3-4,6-7,10-13H2,1H3,(H,30,32)(H,27,29,33). The van der Waals surface area contributed by atoms with E-state index >= 15 is 0 Å². The summed E-state index contributed by atoms with van der Waals surface area (Å²) < 4.78 is 11.3.